The lowest BCUT2D eigenvalue weighted by molar-refractivity contribution is 0.00670. The van der Waals surface area contributed by atoms with Crippen LogP contribution in [0.1, 0.15) is 66.5 Å². The van der Waals surface area contributed by atoms with Crippen LogP contribution in [0.4, 0.5) is 0 Å². The number of benzene rings is 1. The molecule has 0 aliphatic carbocycles. The molecule has 0 N–H and O–H groups in total. The van der Waals surface area contributed by atoms with Crippen molar-refractivity contribution in [3.63, 3.8) is 0 Å². The topological polar surface area (TPSA) is 52.6 Å². The van der Waals surface area contributed by atoms with Crippen molar-refractivity contribution in [3.8, 4) is 5.75 Å². The van der Waals surface area contributed by atoms with Crippen LogP contribution in [0.25, 0.3) is 0 Å². The lowest BCUT2D eigenvalue weighted by Gasteiger charge is -2.23. The van der Waals surface area contributed by atoms with E-state index in [0.29, 0.717) is 28.0 Å². The average Bonchev–Trinajstić information content (AvgIpc) is 2.38. The second-order valence-electron chi connectivity index (χ2n) is 6.81. The van der Waals surface area contributed by atoms with Gasteiger partial charge in [0.05, 0.1) is 17.2 Å². The summed E-state index contributed by atoms with van der Waals surface area (Å²) in [5, 5.41) is 0. The van der Waals surface area contributed by atoms with Crippen LogP contribution >= 0.6 is 0 Å². The predicted octanol–water partition coefficient (Wildman–Crippen LogP) is 4.41. The van der Waals surface area contributed by atoms with Gasteiger partial charge in [-0.2, -0.15) is 0 Å². The molecule has 0 spiro atoms. The zero-order valence-electron chi connectivity index (χ0n) is 15.1. The normalized spacial score (nSPS) is 11.3. The van der Waals surface area contributed by atoms with E-state index in [1.165, 1.54) is 6.08 Å². The molecule has 1 aromatic rings. The summed E-state index contributed by atoms with van der Waals surface area (Å²) >= 11 is 0. The highest BCUT2D eigenvalue weighted by Crippen LogP contribution is 2.32. The van der Waals surface area contributed by atoms with E-state index in [1.807, 2.05) is 34.6 Å². The summed E-state index contributed by atoms with van der Waals surface area (Å²) in [6, 6.07) is 1.66. The van der Waals surface area contributed by atoms with Crippen LogP contribution in [0.5, 0.6) is 5.75 Å². The van der Waals surface area contributed by atoms with Gasteiger partial charge in [0.15, 0.2) is 5.78 Å². The number of allylic oxidation sites excluding steroid dienone is 1. The molecule has 23 heavy (non-hydrogen) atoms. The highest BCUT2D eigenvalue weighted by atomic mass is 16.6. The third kappa shape index (κ3) is 4.68. The van der Waals surface area contributed by atoms with Crippen molar-refractivity contribution in [2.24, 2.45) is 0 Å². The Morgan fingerprint density at radius 1 is 1.22 bits per heavy atom. The monoisotopic (exact) mass is 318 g/mol. The number of hydrogen-bond acceptors (Lipinski definition) is 4. The highest BCUT2D eigenvalue weighted by molar-refractivity contribution is 6.08. The van der Waals surface area contributed by atoms with E-state index in [9.17, 15) is 9.59 Å². The number of ether oxygens (including phenoxy) is 2. The number of carbonyl (C=O) groups is 2. The van der Waals surface area contributed by atoms with Crippen molar-refractivity contribution in [1.82, 2.24) is 0 Å². The van der Waals surface area contributed by atoms with Crippen molar-refractivity contribution in [1.29, 1.82) is 0 Å². The molecule has 0 saturated carbocycles. The maximum Gasteiger partial charge on any atom is 0.339 e. The lowest BCUT2D eigenvalue weighted by Crippen LogP contribution is -2.25. The van der Waals surface area contributed by atoms with Gasteiger partial charge in [0, 0.05) is 5.56 Å². The third-order valence-electron chi connectivity index (χ3n) is 3.12. The first-order valence-corrected chi connectivity index (χ1v) is 7.69. The molecule has 126 valence electrons. The standard InChI is InChI=1S/C19H26O4/c1-9-15(20)14-10-12(4)16(18(21)23-19(6,7)8)13(5)17(14)22-11(2)3/h9-11H,1H2,2-8H3. The highest BCUT2D eigenvalue weighted by Gasteiger charge is 2.26. The number of hydrogen-bond donors (Lipinski definition) is 0. The summed E-state index contributed by atoms with van der Waals surface area (Å²) in [5.41, 5.74) is 1.55. The van der Waals surface area contributed by atoms with Crippen molar-refractivity contribution in [3.05, 3.63) is 41.0 Å². The first-order chi connectivity index (χ1) is 10.5. The number of rotatable bonds is 5. The number of carbonyl (C=O) groups excluding carboxylic acids is 2. The first kappa shape index (κ1) is 18.9. The van der Waals surface area contributed by atoms with Gasteiger partial charge in [-0.05, 0) is 66.2 Å². The molecule has 0 heterocycles. The SMILES string of the molecule is C=CC(=O)c1cc(C)c(C(=O)OC(C)(C)C)c(C)c1OC(C)C. The Morgan fingerprint density at radius 2 is 1.78 bits per heavy atom. The Kier molecular flexibility index (Phi) is 5.75. The molecule has 1 aromatic carbocycles. The zero-order valence-corrected chi connectivity index (χ0v) is 15.1. The van der Waals surface area contributed by atoms with Crippen LogP contribution in [-0.4, -0.2) is 23.5 Å². The Morgan fingerprint density at radius 3 is 2.22 bits per heavy atom. The fourth-order valence-electron chi connectivity index (χ4n) is 2.29. The van der Waals surface area contributed by atoms with Crippen molar-refractivity contribution in [2.75, 3.05) is 0 Å². The minimum atomic E-state index is -0.593. The summed E-state index contributed by atoms with van der Waals surface area (Å²) < 4.78 is 11.3. The Hall–Kier alpha value is -2.10. The van der Waals surface area contributed by atoms with E-state index in [1.54, 1.807) is 19.9 Å². The van der Waals surface area contributed by atoms with Gasteiger partial charge in [-0.1, -0.05) is 6.58 Å². The molecule has 0 aromatic heterocycles. The Labute approximate surface area is 138 Å². The summed E-state index contributed by atoms with van der Waals surface area (Å²) in [7, 11) is 0. The fraction of sp³-hybridized carbons (Fsp3) is 0.474. The molecule has 0 amide bonds. The summed E-state index contributed by atoms with van der Waals surface area (Å²) in [5.74, 6) is -0.238. The first-order valence-electron chi connectivity index (χ1n) is 7.69. The number of aryl methyl sites for hydroxylation is 1. The summed E-state index contributed by atoms with van der Waals surface area (Å²) in [4.78, 5) is 24.6. The average molecular weight is 318 g/mol. The maximum atomic E-state index is 12.5. The summed E-state index contributed by atoms with van der Waals surface area (Å²) in [6.45, 7) is 16.3. The van der Waals surface area contributed by atoms with Gasteiger partial charge in [-0.3, -0.25) is 4.79 Å². The maximum absolute atomic E-state index is 12.5. The second-order valence-corrected chi connectivity index (χ2v) is 6.81. The van der Waals surface area contributed by atoms with Crippen molar-refractivity contribution >= 4 is 11.8 Å². The molecule has 0 aliphatic rings. The van der Waals surface area contributed by atoms with Crippen LogP contribution in [0, 0.1) is 13.8 Å². The van der Waals surface area contributed by atoms with Crippen LogP contribution in [-0.2, 0) is 4.74 Å². The fourth-order valence-corrected chi connectivity index (χ4v) is 2.29. The molecule has 0 unspecified atom stereocenters. The lowest BCUT2D eigenvalue weighted by atomic mass is 9.95. The largest absolute Gasteiger partial charge is 0.490 e. The zero-order chi connectivity index (χ0) is 17.9. The number of ketones is 1. The molecule has 0 bridgehead atoms. The van der Waals surface area contributed by atoms with E-state index in [4.69, 9.17) is 9.47 Å². The van der Waals surface area contributed by atoms with E-state index < -0.39 is 11.6 Å². The minimum Gasteiger partial charge on any atom is -0.490 e. The van der Waals surface area contributed by atoms with Gasteiger partial charge < -0.3 is 9.47 Å². The van der Waals surface area contributed by atoms with Gasteiger partial charge in [0.2, 0.25) is 0 Å². The molecule has 4 heteroatoms. The molecule has 1 rings (SSSR count). The molecule has 0 saturated heterocycles. The summed E-state index contributed by atoms with van der Waals surface area (Å²) in [6.07, 6.45) is 1.12. The van der Waals surface area contributed by atoms with Gasteiger partial charge in [-0.15, -0.1) is 0 Å². The minimum absolute atomic E-state index is 0.126. The van der Waals surface area contributed by atoms with E-state index >= 15 is 0 Å². The van der Waals surface area contributed by atoms with E-state index in [2.05, 4.69) is 6.58 Å². The molecule has 0 radical (unpaired) electrons. The quantitative estimate of drug-likeness (QED) is 0.458. The molecule has 0 fully saturated rings. The van der Waals surface area contributed by atoms with Crippen LogP contribution in [0.2, 0.25) is 0 Å². The Bertz CT molecular complexity index is 634. The van der Waals surface area contributed by atoms with Crippen LogP contribution < -0.4 is 4.74 Å². The van der Waals surface area contributed by atoms with E-state index in [0.717, 1.165) is 0 Å². The van der Waals surface area contributed by atoms with Crippen molar-refractivity contribution in [2.45, 2.75) is 60.2 Å². The van der Waals surface area contributed by atoms with Crippen LogP contribution in [0.3, 0.4) is 0 Å². The van der Waals surface area contributed by atoms with Gasteiger partial charge >= 0.3 is 5.97 Å². The molecule has 0 atom stereocenters. The molecular formula is C19H26O4. The molecule has 4 nitrogen and oxygen atoms in total. The number of esters is 1. The second kappa shape index (κ2) is 6.99. The van der Waals surface area contributed by atoms with Gasteiger partial charge in [0.25, 0.3) is 0 Å². The predicted molar refractivity (Wildman–Crippen MR) is 91.4 cm³/mol. The van der Waals surface area contributed by atoms with Crippen LogP contribution in [0.15, 0.2) is 18.7 Å². The molecular weight excluding hydrogens is 292 g/mol. The van der Waals surface area contributed by atoms with Gasteiger partial charge in [0.1, 0.15) is 11.4 Å². The van der Waals surface area contributed by atoms with E-state index in [-0.39, 0.29) is 11.9 Å². The molecule has 0 aliphatic heterocycles. The smallest absolute Gasteiger partial charge is 0.339 e. The van der Waals surface area contributed by atoms with Gasteiger partial charge in [-0.25, -0.2) is 4.79 Å². The Balaban J connectivity index is 3.53. The third-order valence-corrected chi connectivity index (χ3v) is 3.12. The van der Waals surface area contributed by atoms with Crippen molar-refractivity contribution < 1.29 is 19.1 Å².